The maximum absolute atomic E-state index is 13.3. The molecule has 11 heteroatoms. The van der Waals surface area contributed by atoms with Crippen LogP contribution in [-0.4, -0.2) is 77.8 Å². The lowest BCUT2D eigenvalue weighted by atomic mass is 10.0. The van der Waals surface area contributed by atoms with Gasteiger partial charge in [-0.1, -0.05) is 109 Å². The summed E-state index contributed by atoms with van der Waals surface area (Å²) in [6, 6.07) is 8.94. The molecule has 0 N–H and O–H groups in total. The Labute approximate surface area is 309 Å². The molecule has 0 saturated carbocycles. The summed E-state index contributed by atoms with van der Waals surface area (Å²) in [7, 11) is -6.83. The molecule has 0 aliphatic carbocycles. The number of halogens is 1. The van der Waals surface area contributed by atoms with E-state index in [9.17, 15) is 4.79 Å². The molecule has 7 nitrogen and oxygen atoms in total. The Morgan fingerprint density at radius 2 is 1.29 bits per heavy atom. The predicted octanol–water partition coefficient (Wildman–Crippen LogP) is 9.97. The van der Waals surface area contributed by atoms with Gasteiger partial charge in [-0.2, -0.15) is 0 Å². The minimum absolute atomic E-state index is 0.00657. The van der Waals surface area contributed by atoms with Crippen molar-refractivity contribution in [3.8, 4) is 12.3 Å². The Morgan fingerprint density at radius 3 is 1.73 bits per heavy atom. The van der Waals surface area contributed by atoms with Crippen molar-refractivity contribution in [1.29, 1.82) is 0 Å². The van der Waals surface area contributed by atoms with Crippen molar-refractivity contribution in [2.24, 2.45) is 0 Å². The molecule has 0 radical (unpaired) electrons. The monoisotopic (exact) mass is 832 g/mol. The van der Waals surface area contributed by atoms with Gasteiger partial charge in [0.15, 0.2) is 31.2 Å². The maximum atomic E-state index is 13.3. The van der Waals surface area contributed by atoms with E-state index in [0.29, 0.717) is 5.56 Å². The second-order valence-electron chi connectivity index (χ2n) is 17.9. The number of carbonyl (C=O) groups excluding carboxylic acids is 1. The molecule has 2 rings (SSSR count). The summed E-state index contributed by atoms with van der Waals surface area (Å²) >= 11 is 2.41. The molecule has 8 atom stereocenters. The fraction of sp³-hybridized carbons (Fsp3) is 0.757. The molecule has 0 spiro atoms. The van der Waals surface area contributed by atoms with Gasteiger partial charge in [-0.25, -0.2) is 4.79 Å². The molecule has 0 unspecified atom stereocenters. The molecule has 1 aromatic rings. The molecule has 274 valence electrons. The zero-order valence-electron chi connectivity index (χ0n) is 32.8. The number of ether oxygens (including phenoxy) is 3. The van der Waals surface area contributed by atoms with Crippen LogP contribution in [0.3, 0.4) is 0 Å². The Balaban J connectivity index is 2.58. The lowest BCUT2D eigenvalue weighted by Gasteiger charge is -2.52. The van der Waals surface area contributed by atoms with Gasteiger partial charge in [-0.3, -0.25) is 0 Å². The molecule has 48 heavy (non-hydrogen) atoms. The minimum Gasteiger partial charge on any atom is -0.456 e. The minimum atomic E-state index is -2.36. The molecule has 1 aliphatic rings. The standard InChI is InChI=1S/C37H65IO7Si3/c1-19-28(43-46(13,14)35(4,5)6)30(25(2)40-33(39)27-23-21-20-22-24-27)42-34-29(38)32(45-48(17,18)37(10,11)12)31(26(3)41-34)44-47(15,16)36(7,8)9/h1,20-26,28-32,34H,2-18H3/t25-,26+,28+,29-,30-,31-,32-,34+/m1/s1. The first kappa shape index (κ1) is 43.6. The van der Waals surface area contributed by atoms with E-state index >= 15 is 0 Å². The van der Waals surface area contributed by atoms with E-state index in [4.69, 9.17) is 33.9 Å². The zero-order chi connectivity index (χ0) is 37.3. The number of alkyl halides is 1. The fourth-order valence-corrected chi connectivity index (χ4v) is 9.59. The van der Waals surface area contributed by atoms with Crippen LogP contribution in [0.25, 0.3) is 0 Å². The number of hydrogen-bond donors (Lipinski definition) is 0. The van der Waals surface area contributed by atoms with E-state index < -0.39 is 55.5 Å². The normalized spacial score (nSPS) is 25.1. The van der Waals surface area contributed by atoms with Gasteiger partial charge >= 0.3 is 5.97 Å². The molecule has 1 fully saturated rings. The van der Waals surface area contributed by atoms with Crippen molar-refractivity contribution in [2.75, 3.05) is 0 Å². The van der Waals surface area contributed by atoms with Gasteiger partial charge in [-0.15, -0.1) is 6.42 Å². The number of carbonyl (C=O) groups is 1. The van der Waals surface area contributed by atoms with Crippen molar-refractivity contribution in [3.05, 3.63) is 35.9 Å². The summed E-state index contributed by atoms with van der Waals surface area (Å²) in [5.74, 6) is 2.41. The third-order valence-electron chi connectivity index (χ3n) is 10.9. The molecule has 1 aliphatic heterocycles. The van der Waals surface area contributed by atoms with Crippen molar-refractivity contribution < 1.29 is 32.3 Å². The van der Waals surface area contributed by atoms with Crippen molar-refractivity contribution in [3.63, 3.8) is 0 Å². The summed E-state index contributed by atoms with van der Waals surface area (Å²) in [6.45, 7) is 37.2. The van der Waals surface area contributed by atoms with Gasteiger partial charge in [-0.05, 0) is 80.4 Å². The highest BCUT2D eigenvalue weighted by atomic mass is 127. The van der Waals surface area contributed by atoms with Gasteiger partial charge in [0.05, 0.1) is 27.8 Å². The fourth-order valence-electron chi connectivity index (χ4n) is 4.55. The molecule has 1 aromatic carbocycles. The van der Waals surface area contributed by atoms with Crippen LogP contribution >= 0.6 is 22.6 Å². The highest BCUT2D eigenvalue weighted by molar-refractivity contribution is 14.1. The van der Waals surface area contributed by atoms with Crippen LogP contribution in [-0.2, 0) is 27.5 Å². The highest BCUT2D eigenvalue weighted by Gasteiger charge is 2.54. The SMILES string of the molecule is C#C[C@H](O[Si](C)(C)C(C)(C)C)[C@H](O[C@@H]1O[C@@H](C)[C@@H](O[Si](C)(C)C(C)(C)C)[C@H](O[Si](C)(C)C(C)(C)C)[C@H]1I)[C@@H](C)OC(=O)c1ccccc1. The Hall–Kier alpha value is -0.569. The van der Waals surface area contributed by atoms with Crippen LogP contribution in [0.15, 0.2) is 30.3 Å². The van der Waals surface area contributed by atoms with E-state index in [1.807, 2.05) is 32.0 Å². The van der Waals surface area contributed by atoms with E-state index in [-0.39, 0.29) is 37.4 Å². The van der Waals surface area contributed by atoms with Crippen LogP contribution in [0.5, 0.6) is 0 Å². The van der Waals surface area contributed by atoms with Crippen LogP contribution < -0.4 is 0 Å². The Kier molecular flexibility index (Phi) is 14.5. The largest absolute Gasteiger partial charge is 0.456 e. The maximum Gasteiger partial charge on any atom is 0.338 e. The van der Waals surface area contributed by atoms with E-state index in [1.165, 1.54) is 0 Å². The third-order valence-corrected chi connectivity index (χ3v) is 25.6. The first-order valence-electron chi connectivity index (χ1n) is 17.3. The van der Waals surface area contributed by atoms with Gasteiger partial charge in [0.2, 0.25) is 0 Å². The van der Waals surface area contributed by atoms with Crippen molar-refractivity contribution >= 4 is 53.5 Å². The highest BCUT2D eigenvalue weighted by Crippen LogP contribution is 2.45. The van der Waals surface area contributed by atoms with Gasteiger partial charge < -0.3 is 27.5 Å². The molecular weight excluding hydrogens is 768 g/mol. The first-order valence-corrected chi connectivity index (χ1v) is 27.2. The Morgan fingerprint density at radius 1 is 0.833 bits per heavy atom. The summed E-state index contributed by atoms with van der Waals surface area (Å²) < 4.78 is 40.5. The average molecular weight is 833 g/mol. The number of hydrogen-bond acceptors (Lipinski definition) is 7. The molecule has 0 bridgehead atoms. The summed E-state index contributed by atoms with van der Waals surface area (Å²) in [6.07, 6.45) is 2.22. The lowest BCUT2D eigenvalue weighted by molar-refractivity contribution is -0.263. The lowest BCUT2D eigenvalue weighted by Crippen LogP contribution is -2.64. The van der Waals surface area contributed by atoms with Crippen LogP contribution in [0.4, 0.5) is 0 Å². The van der Waals surface area contributed by atoms with Crippen LogP contribution in [0.1, 0.15) is 86.5 Å². The van der Waals surface area contributed by atoms with Gasteiger partial charge in [0.1, 0.15) is 18.3 Å². The second kappa shape index (κ2) is 16.0. The van der Waals surface area contributed by atoms with Gasteiger partial charge in [0, 0.05) is 0 Å². The average Bonchev–Trinajstić information content (AvgIpc) is 2.93. The first-order chi connectivity index (χ1) is 21.6. The van der Waals surface area contributed by atoms with Gasteiger partial charge in [0.25, 0.3) is 0 Å². The van der Waals surface area contributed by atoms with E-state index in [0.717, 1.165) is 0 Å². The Bertz CT molecular complexity index is 1240. The number of terminal acetylenes is 1. The smallest absolute Gasteiger partial charge is 0.338 e. The van der Waals surface area contributed by atoms with Crippen LogP contribution in [0, 0.1) is 12.3 Å². The number of esters is 1. The summed E-state index contributed by atoms with van der Waals surface area (Å²) in [5.41, 5.74) is 0.452. The summed E-state index contributed by atoms with van der Waals surface area (Å²) in [5, 5.41) is -0.113. The second-order valence-corrected chi connectivity index (χ2v) is 33.6. The molecule has 0 aromatic heterocycles. The van der Waals surface area contributed by atoms with Crippen molar-refractivity contribution in [1.82, 2.24) is 0 Å². The third kappa shape index (κ3) is 10.7. The molecular formula is C37H65IO7Si3. The van der Waals surface area contributed by atoms with Crippen molar-refractivity contribution in [2.45, 2.75) is 177 Å². The number of benzene rings is 1. The quantitative estimate of drug-likeness (QED) is 0.0683. The molecule has 1 saturated heterocycles. The van der Waals surface area contributed by atoms with E-state index in [2.05, 4.69) is 130 Å². The number of rotatable bonds is 12. The van der Waals surface area contributed by atoms with E-state index in [1.54, 1.807) is 12.1 Å². The predicted molar refractivity (Wildman–Crippen MR) is 213 cm³/mol. The van der Waals surface area contributed by atoms with Crippen LogP contribution in [0.2, 0.25) is 54.4 Å². The molecule has 1 heterocycles. The molecule has 0 amide bonds. The topological polar surface area (TPSA) is 72.5 Å². The summed E-state index contributed by atoms with van der Waals surface area (Å²) in [4.78, 5) is 13.3. The zero-order valence-corrected chi connectivity index (χ0v) is 38.0.